The molecule has 19 heavy (non-hydrogen) atoms. The summed E-state index contributed by atoms with van der Waals surface area (Å²) in [4.78, 5) is 2.22. The van der Waals surface area contributed by atoms with Crippen LogP contribution in [0.4, 0.5) is 0 Å². The first-order chi connectivity index (χ1) is 8.63. The Morgan fingerprint density at radius 3 is 2.26 bits per heavy atom. The van der Waals surface area contributed by atoms with E-state index in [0.717, 1.165) is 32.4 Å². The lowest BCUT2D eigenvalue weighted by atomic mass is 9.86. The van der Waals surface area contributed by atoms with Gasteiger partial charge in [-0.15, -0.1) is 0 Å². The van der Waals surface area contributed by atoms with Gasteiger partial charge in [0.05, 0.1) is 0 Å². The fourth-order valence-corrected chi connectivity index (χ4v) is 1.63. The summed E-state index contributed by atoms with van der Waals surface area (Å²) < 4.78 is 0. The molecule has 0 rings (SSSR count). The number of nitrogens with one attached hydrogen (secondary N) is 1. The zero-order chi connectivity index (χ0) is 15.1. The van der Waals surface area contributed by atoms with E-state index in [1.165, 1.54) is 0 Å². The summed E-state index contributed by atoms with van der Waals surface area (Å²) >= 11 is 0. The average Bonchev–Trinajstić information content (AvgIpc) is 2.32. The Kier molecular flexibility index (Phi) is 7.37. The van der Waals surface area contributed by atoms with E-state index in [1.54, 1.807) is 0 Å². The summed E-state index contributed by atoms with van der Waals surface area (Å²) in [5.74, 6) is 0.314. The highest BCUT2D eigenvalue weighted by Crippen LogP contribution is 2.23. The van der Waals surface area contributed by atoms with Crippen LogP contribution in [0.3, 0.4) is 0 Å². The van der Waals surface area contributed by atoms with Crippen molar-refractivity contribution in [2.45, 2.75) is 52.5 Å². The van der Waals surface area contributed by atoms with E-state index in [1.807, 2.05) is 13.8 Å². The molecule has 0 aromatic heterocycles. The molecule has 0 aliphatic rings. The van der Waals surface area contributed by atoms with Crippen LogP contribution in [0, 0.1) is 5.41 Å². The fraction of sp³-hybridized carbons (Fsp3) is 0.929. The molecule has 0 saturated carbocycles. The van der Waals surface area contributed by atoms with Crippen molar-refractivity contribution >= 4 is 5.84 Å². The minimum absolute atomic E-state index is 0.174. The second-order valence-corrected chi connectivity index (χ2v) is 6.71. The quantitative estimate of drug-likeness (QED) is 0.197. The Balaban J connectivity index is 3.78. The van der Waals surface area contributed by atoms with Crippen LogP contribution in [0.15, 0.2) is 5.16 Å². The molecule has 0 aromatic rings. The molecular weight excluding hydrogens is 240 g/mol. The summed E-state index contributed by atoms with van der Waals surface area (Å²) in [6, 6.07) is 0. The third-order valence-corrected chi connectivity index (χ3v) is 3.97. The van der Waals surface area contributed by atoms with E-state index in [-0.39, 0.29) is 11.0 Å². The maximum Gasteiger partial charge on any atom is 0.144 e. The molecular formula is C14H32N4O. The minimum atomic E-state index is -0.225. The van der Waals surface area contributed by atoms with Gasteiger partial charge in [0.2, 0.25) is 0 Å². The first-order valence-electron chi connectivity index (χ1n) is 6.99. The monoisotopic (exact) mass is 272 g/mol. The number of hydrogen-bond donors (Lipinski definition) is 3. The maximum absolute atomic E-state index is 8.70. The summed E-state index contributed by atoms with van der Waals surface area (Å²) in [5.41, 5.74) is 5.61. The number of unbranched alkanes of at least 4 members (excludes halogenated alkanes) is 1. The predicted octanol–water partition coefficient (Wildman–Crippen LogP) is 1.86. The summed E-state index contributed by atoms with van der Waals surface area (Å²) in [6.07, 6.45) is 3.10. The molecule has 0 unspecified atom stereocenters. The number of hydrogen-bond acceptors (Lipinski definition) is 4. The van der Waals surface area contributed by atoms with Crippen molar-refractivity contribution < 1.29 is 5.21 Å². The largest absolute Gasteiger partial charge is 0.409 e. The predicted molar refractivity (Wildman–Crippen MR) is 81.7 cm³/mol. The van der Waals surface area contributed by atoms with Gasteiger partial charge in [-0.2, -0.15) is 0 Å². The zero-order valence-electron chi connectivity index (χ0n) is 13.5. The number of likely N-dealkylation sites (N-methyl/N-ethyl adjacent to an activating group) is 1. The second-order valence-electron chi connectivity index (χ2n) is 6.71. The SMILES string of the molecule is CN(C)C(C)(C)CNCCCCC(C)(C)C(N)=NO. The lowest BCUT2D eigenvalue weighted by molar-refractivity contribution is 0.190. The van der Waals surface area contributed by atoms with E-state index in [2.05, 4.69) is 43.3 Å². The molecule has 5 nitrogen and oxygen atoms in total. The Hall–Kier alpha value is -0.810. The van der Waals surface area contributed by atoms with Crippen LogP contribution in [-0.4, -0.2) is 48.7 Å². The Morgan fingerprint density at radius 1 is 1.21 bits per heavy atom. The van der Waals surface area contributed by atoms with Gasteiger partial charge in [-0.05, 0) is 47.3 Å². The van der Waals surface area contributed by atoms with Crippen molar-refractivity contribution in [2.24, 2.45) is 16.3 Å². The summed E-state index contributed by atoms with van der Waals surface area (Å²) in [7, 11) is 4.20. The van der Waals surface area contributed by atoms with Gasteiger partial charge in [0.25, 0.3) is 0 Å². The number of rotatable bonds is 9. The molecule has 4 N–H and O–H groups in total. The van der Waals surface area contributed by atoms with E-state index >= 15 is 0 Å². The van der Waals surface area contributed by atoms with Crippen LogP contribution in [0.25, 0.3) is 0 Å². The molecule has 0 radical (unpaired) electrons. The van der Waals surface area contributed by atoms with Gasteiger partial charge in [0.15, 0.2) is 0 Å². The van der Waals surface area contributed by atoms with Crippen molar-refractivity contribution in [3.63, 3.8) is 0 Å². The van der Waals surface area contributed by atoms with Crippen LogP contribution in [-0.2, 0) is 0 Å². The fourth-order valence-electron chi connectivity index (χ4n) is 1.63. The second kappa shape index (κ2) is 7.70. The maximum atomic E-state index is 8.70. The smallest absolute Gasteiger partial charge is 0.144 e. The van der Waals surface area contributed by atoms with Crippen molar-refractivity contribution in [1.29, 1.82) is 0 Å². The van der Waals surface area contributed by atoms with Crippen LogP contribution in [0.1, 0.15) is 47.0 Å². The van der Waals surface area contributed by atoms with Gasteiger partial charge in [-0.3, -0.25) is 0 Å². The molecule has 0 fully saturated rings. The number of nitrogens with two attached hydrogens (primary N) is 1. The Labute approximate surface area is 118 Å². The summed E-state index contributed by atoms with van der Waals surface area (Å²) in [5, 5.41) is 15.3. The van der Waals surface area contributed by atoms with Crippen LogP contribution in [0.5, 0.6) is 0 Å². The highest BCUT2D eigenvalue weighted by Gasteiger charge is 2.23. The van der Waals surface area contributed by atoms with Crippen LogP contribution >= 0.6 is 0 Å². The van der Waals surface area contributed by atoms with Gasteiger partial charge in [0.1, 0.15) is 5.84 Å². The highest BCUT2D eigenvalue weighted by atomic mass is 16.4. The standard InChI is InChI=1S/C14H32N4O/c1-13(2,12(15)17-19)9-7-8-10-16-11-14(3,4)18(5)6/h16,19H,7-11H2,1-6H3,(H2,15,17). The minimum Gasteiger partial charge on any atom is -0.409 e. The molecule has 0 amide bonds. The normalized spacial score (nSPS) is 14.2. The average molecular weight is 272 g/mol. The third kappa shape index (κ3) is 6.78. The zero-order valence-corrected chi connectivity index (χ0v) is 13.5. The van der Waals surface area contributed by atoms with E-state index in [4.69, 9.17) is 10.9 Å². The molecule has 0 aliphatic heterocycles. The first kappa shape index (κ1) is 18.2. The van der Waals surface area contributed by atoms with Gasteiger partial charge in [-0.25, -0.2) is 0 Å². The highest BCUT2D eigenvalue weighted by molar-refractivity contribution is 5.85. The van der Waals surface area contributed by atoms with Gasteiger partial charge >= 0.3 is 0 Å². The van der Waals surface area contributed by atoms with E-state index in [9.17, 15) is 0 Å². The first-order valence-corrected chi connectivity index (χ1v) is 6.99. The van der Waals surface area contributed by atoms with Crippen molar-refractivity contribution in [1.82, 2.24) is 10.2 Å². The van der Waals surface area contributed by atoms with E-state index < -0.39 is 0 Å². The van der Waals surface area contributed by atoms with Crippen LogP contribution < -0.4 is 11.1 Å². The molecule has 0 spiro atoms. The Bertz CT molecular complexity index is 285. The number of nitrogens with zero attached hydrogens (tertiary/aromatic N) is 2. The molecule has 0 aromatic carbocycles. The Morgan fingerprint density at radius 2 is 1.79 bits per heavy atom. The molecule has 0 bridgehead atoms. The van der Waals surface area contributed by atoms with Gasteiger partial charge in [-0.1, -0.05) is 25.4 Å². The molecule has 114 valence electrons. The molecule has 5 heteroatoms. The third-order valence-electron chi connectivity index (χ3n) is 3.97. The number of oxime groups is 1. The molecule has 0 atom stereocenters. The van der Waals surface area contributed by atoms with E-state index in [0.29, 0.717) is 5.84 Å². The van der Waals surface area contributed by atoms with Crippen molar-refractivity contribution in [3.05, 3.63) is 0 Å². The topological polar surface area (TPSA) is 73.9 Å². The molecule has 0 saturated heterocycles. The van der Waals surface area contributed by atoms with Gasteiger partial charge in [0, 0.05) is 17.5 Å². The van der Waals surface area contributed by atoms with Crippen LogP contribution in [0.2, 0.25) is 0 Å². The lowest BCUT2D eigenvalue weighted by Gasteiger charge is -2.32. The lowest BCUT2D eigenvalue weighted by Crippen LogP contribution is -2.46. The van der Waals surface area contributed by atoms with Gasteiger partial charge < -0.3 is 21.2 Å². The number of amidine groups is 1. The van der Waals surface area contributed by atoms with Crippen molar-refractivity contribution in [3.8, 4) is 0 Å². The molecule has 0 heterocycles. The summed E-state index contributed by atoms with van der Waals surface area (Å²) in [6.45, 7) is 10.4. The van der Waals surface area contributed by atoms with Crippen molar-refractivity contribution in [2.75, 3.05) is 27.2 Å². The molecule has 0 aliphatic carbocycles.